The Hall–Kier alpha value is -2.58. The van der Waals surface area contributed by atoms with Crippen LogP contribution in [-0.2, 0) is 16.6 Å². The van der Waals surface area contributed by atoms with Crippen LogP contribution < -0.4 is 10.5 Å². The van der Waals surface area contributed by atoms with Crippen molar-refractivity contribution in [2.24, 2.45) is 0 Å². The molecule has 9 heteroatoms. The van der Waals surface area contributed by atoms with Crippen molar-refractivity contribution in [3.05, 3.63) is 21.9 Å². The molecule has 2 aromatic heterocycles. The Bertz CT molecular complexity index is 955. The molecule has 0 spiro atoms. The number of nitrogens with one attached hydrogen (secondary N) is 1. The molecule has 1 N–H and O–H groups in total. The highest BCUT2D eigenvalue weighted by Gasteiger charge is 2.29. The van der Waals surface area contributed by atoms with Crippen LogP contribution in [0.25, 0.3) is 5.78 Å². The number of carbonyl (C=O) groups excluding carboxylic acids is 1. The van der Waals surface area contributed by atoms with Gasteiger partial charge < -0.3 is 14.5 Å². The quantitative estimate of drug-likeness (QED) is 0.825. The maximum Gasteiger partial charge on any atom is 0.410 e. The van der Waals surface area contributed by atoms with E-state index in [1.165, 1.54) is 4.52 Å². The highest BCUT2D eigenvalue weighted by molar-refractivity contribution is 5.68. The molecule has 1 fully saturated rings. The van der Waals surface area contributed by atoms with Gasteiger partial charge in [0.05, 0.1) is 5.69 Å². The zero-order valence-corrected chi connectivity index (χ0v) is 18.5. The van der Waals surface area contributed by atoms with Crippen LogP contribution in [0.3, 0.4) is 0 Å². The molecule has 29 heavy (non-hydrogen) atoms. The number of aromatic amines is 1. The summed E-state index contributed by atoms with van der Waals surface area (Å²) >= 11 is 0. The molecular weight excluding hydrogens is 372 g/mol. The van der Waals surface area contributed by atoms with Gasteiger partial charge in [-0.25, -0.2) is 9.78 Å². The Morgan fingerprint density at radius 2 is 1.69 bits per heavy atom. The standard InChI is InChI=1S/C20H32N6O3/c1-8-13-14(15(27)26-17(21-13)22-16(23-26)19(2,3)4)24-9-11-25(12-10-24)18(28)29-20(5,6)7/h8-12H2,1-7H3,(H,21,22,23). The van der Waals surface area contributed by atoms with Gasteiger partial charge in [0.15, 0.2) is 0 Å². The molecule has 1 aliphatic rings. The number of anilines is 1. The first-order valence-corrected chi connectivity index (χ1v) is 10.2. The Kier molecular flexibility index (Phi) is 5.36. The lowest BCUT2D eigenvalue weighted by atomic mass is 9.96. The van der Waals surface area contributed by atoms with Crippen LogP contribution in [0.1, 0.15) is 60.0 Å². The van der Waals surface area contributed by atoms with Gasteiger partial charge in [0.2, 0.25) is 0 Å². The third-order valence-electron chi connectivity index (χ3n) is 4.84. The number of amides is 1. The van der Waals surface area contributed by atoms with E-state index in [-0.39, 0.29) is 17.1 Å². The Morgan fingerprint density at radius 1 is 1.07 bits per heavy atom. The molecule has 1 aliphatic heterocycles. The predicted molar refractivity (Wildman–Crippen MR) is 112 cm³/mol. The van der Waals surface area contributed by atoms with E-state index in [2.05, 4.69) is 15.1 Å². The average molecular weight is 405 g/mol. The van der Waals surface area contributed by atoms with Gasteiger partial charge in [-0.2, -0.15) is 9.50 Å². The van der Waals surface area contributed by atoms with E-state index in [1.807, 2.05) is 53.4 Å². The number of hydrogen-bond donors (Lipinski definition) is 1. The number of nitrogens with zero attached hydrogens (tertiary/aromatic N) is 5. The fourth-order valence-electron chi connectivity index (χ4n) is 3.29. The van der Waals surface area contributed by atoms with E-state index in [0.717, 1.165) is 11.5 Å². The second kappa shape index (κ2) is 7.35. The monoisotopic (exact) mass is 404 g/mol. The lowest BCUT2D eigenvalue weighted by Crippen LogP contribution is -2.51. The molecule has 3 rings (SSSR count). The molecule has 2 aromatic rings. The summed E-state index contributed by atoms with van der Waals surface area (Å²) in [7, 11) is 0. The maximum atomic E-state index is 13.3. The number of ether oxygens (including phenoxy) is 1. The van der Waals surface area contributed by atoms with Gasteiger partial charge in [-0.1, -0.05) is 27.7 Å². The number of aryl methyl sites for hydroxylation is 1. The lowest BCUT2D eigenvalue weighted by molar-refractivity contribution is 0.0240. The van der Waals surface area contributed by atoms with E-state index < -0.39 is 5.60 Å². The third kappa shape index (κ3) is 4.38. The largest absolute Gasteiger partial charge is 0.444 e. The number of fused-ring (bicyclic) bond motifs is 1. The molecule has 0 unspecified atom stereocenters. The maximum absolute atomic E-state index is 13.3. The van der Waals surface area contributed by atoms with Gasteiger partial charge in [-0.3, -0.25) is 9.89 Å². The number of carbonyl (C=O) groups is 1. The van der Waals surface area contributed by atoms with E-state index in [4.69, 9.17) is 4.74 Å². The molecule has 1 amide bonds. The van der Waals surface area contributed by atoms with Crippen LogP contribution in [0, 0.1) is 0 Å². The Morgan fingerprint density at radius 3 is 2.21 bits per heavy atom. The molecule has 0 aromatic carbocycles. The van der Waals surface area contributed by atoms with Gasteiger partial charge >= 0.3 is 6.09 Å². The third-order valence-corrected chi connectivity index (χ3v) is 4.84. The van der Waals surface area contributed by atoms with Crippen LogP contribution in [0.2, 0.25) is 0 Å². The van der Waals surface area contributed by atoms with Crippen LogP contribution >= 0.6 is 0 Å². The SMILES string of the molecule is CCc1nc2nc(C(C)(C)C)[nH]n2c(=O)c1N1CCN(C(=O)OC(C)(C)C)CC1. The van der Waals surface area contributed by atoms with Crippen molar-refractivity contribution in [2.75, 3.05) is 31.1 Å². The highest BCUT2D eigenvalue weighted by Crippen LogP contribution is 2.21. The first-order chi connectivity index (χ1) is 13.4. The highest BCUT2D eigenvalue weighted by atomic mass is 16.6. The second-order valence-corrected chi connectivity index (χ2v) is 9.48. The van der Waals surface area contributed by atoms with Gasteiger partial charge in [0.1, 0.15) is 17.1 Å². The lowest BCUT2D eigenvalue weighted by Gasteiger charge is -2.36. The minimum Gasteiger partial charge on any atom is -0.444 e. The molecule has 0 aliphatic carbocycles. The zero-order chi connectivity index (χ0) is 21.6. The van der Waals surface area contributed by atoms with Crippen molar-refractivity contribution in [1.29, 1.82) is 0 Å². The van der Waals surface area contributed by atoms with Crippen molar-refractivity contribution >= 4 is 17.6 Å². The molecule has 1 saturated heterocycles. The predicted octanol–water partition coefficient (Wildman–Crippen LogP) is 2.33. The van der Waals surface area contributed by atoms with Crippen molar-refractivity contribution < 1.29 is 9.53 Å². The summed E-state index contributed by atoms with van der Waals surface area (Å²) < 4.78 is 6.88. The molecule has 0 radical (unpaired) electrons. The molecule has 0 atom stereocenters. The van der Waals surface area contributed by atoms with Crippen molar-refractivity contribution in [1.82, 2.24) is 24.5 Å². The number of rotatable bonds is 2. The molecule has 0 saturated carbocycles. The average Bonchev–Trinajstić information content (AvgIpc) is 3.05. The normalized spacial score (nSPS) is 15.8. The summed E-state index contributed by atoms with van der Waals surface area (Å²) in [6.45, 7) is 15.7. The first kappa shape index (κ1) is 21.1. The van der Waals surface area contributed by atoms with Crippen molar-refractivity contribution in [3.8, 4) is 0 Å². The van der Waals surface area contributed by atoms with Crippen LogP contribution in [-0.4, -0.2) is 62.4 Å². The minimum atomic E-state index is -0.525. The number of H-pyrrole nitrogens is 1. The van der Waals surface area contributed by atoms with Crippen LogP contribution in [0.15, 0.2) is 4.79 Å². The molecule has 160 valence electrons. The number of hydrogen-bond acceptors (Lipinski definition) is 6. The number of aromatic nitrogens is 4. The second-order valence-electron chi connectivity index (χ2n) is 9.48. The Labute approximate surface area is 171 Å². The number of piperazine rings is 1. The van der Waals surface area contributed by atoms with Gasteiger partial charge in [-0.15, -0.1) is 0 Å². The van der Waals surface area contributed by atoms with Crippen LogP contribution in [0.4, 0.5) is 10.5 Å². The van der Waals surface area contributed by atoms with E-state index in [9.17, 15) is 9.59 Å². The summed E-state index contributed by atoms with van der Waals surface area (Å²) in [6.07, 6.45) is 0.312. The zero-order valence-electron chi connectivity index (χ0n) is 18.5. The fourth-order valence-corrected chi connectivity index (χ4v) is 3.29. The summed E-state index contributed by atoms with van der Waals surface area (Å²) in [6, 6.07) is 0. The Balaban J connectivity index is 1.88. The summed E-state index contributed by atoms with van der Waals surface area (Å²) in [5.74, 6) is 1.11. The summed E-state index contributed by atoms with van der Waals surface area (Å²) in [5, 5.41) is 3.11. The molecule has 3 heterocycles. The first-order valence-electron chi connectivity index (χ1n) is 10.2. The van der Waals surface area contributed by atoms with Gasteiger partial charge in [0.25, 0.3) is 11.3 Å². The van der Waals surface area contributed by atoms with Crippen molar-refractivity contribution in [2.45, 2.75) is 65.9 Å². The van der Waals surface area contributed by atoms with Gasteiger partial charge in [-0.05, 0) is 27.2 Å². The van der Waals surface area contributed by atoms with E-state index in [1.54, 1.807) is 4.90 Å². The smallest absolute Gasteiger partial charge is 0.410 e. The van der Waals surface area contributed by atoms with Gasteiger partial charge in [0, 0.05) is 31.6 Å². The molecular formula is C20H32N6O3. The minimum absolute atomic E-state index is 0.152. The molecule has 9 nitrogen and oxygen atoms in total. The van der Waals surface area contributed by atoms with Crippen molar-refractivity contribution in [3.63, 3.8) is 0 Å². The molecule has 0 bridgehead atoms. The summed E-state index contributed by atoms with van der Waals surface area (Å²) in [4.78, 5) is 38.4. The fraction of sp³-hybridized carbons (Fsp3) is 0.700. The summed E-state index contributed by atoms with van der Waals surface area (Å²) in [5.41, 5.74) is 0.417. The van der Waals surface area contributed by atoms with E-state index >= 15 is 0 Å². The van der Waals surface area contributed by atoms with E-state index in [0.29, 0.717) is 44.1 Å². The van der Waals surface area contributed by atoms with Crippen LogP contribution in [0.5, 0.6) is 0 Å². The topological polar surface area (TPSA) is 95.8 Å².